The van der Waals surface area contributed by atoms with Gasteiger partial charge >= 0.3 is 12.1 Å². The largest absolute Gasteiger partial charge is 0.463 e. The Hall–Kier alpha value is -2.34. The fourth-order valence-electron chi connectivity index (χ4n) is 2.41. The molecule has 0 aliphatic carbocycles. The van der Waals surface area contributed by atoms with Gasteiger partial charge in [0.05, 0.1) is 18.8 Å². The number of hydrogen-bond donors (Lipinski definition) is 1. The second-order valence-corrected chi connectivity index (χ2v) is 5.19. The fourth-order valence-corrected chi connectivity index (χ4v) is 2.41. The molecule has 2 atom stereocenters. The second kappa shape index (κ2) is 8.33. The maximum atomic E-state index is 12.2. The molecule has 0 saturated carbocycles. The summed E-state index contributed by atoms with van der Waals surface area (Å²) >= 11 is 0. The molecule has 6 nitrogen and oxygen atoms in total. The van der Waals surface area contributed by atoms with Crippen molar-refractivity contribution in [2.24, 2.45) is 0 Å². The Labute approximate surface area is 135 Å². The molecule has 6 heteroatoms. The number of amides is 1. The summed E-state index contributed by atoms with van der Waals surface area (Å²) in [7, 11) is 0. The lowest BCUT2D eigenvalue weighted by atomic mass is 10.1. The van der Waals surface area contributed by atoms with Gasteiger partial charge in [-0.3, -0.25) is 4.90 Å². The van der Waals surface area contributed by atoms with Crippen molar-refractivity contribution in [2.45, 2.75) is 32.1 Å². The minimum Gasteiger partial charge on any atom is -0.463 e. The lowest BCUT2D eigenvalue weighted by molar-refractivity contribution is -0.137. The van der Waals surface area contributed by atoms with E-state index in [1.807, 2.05) is 30.3 Å². The average molecular weight is 319 g/mol. The van der Waals surface area contributed by atoms with Gasteiger partial charge in [0.2, 0.25) is 0 Å². The van der Waals surface area contributed by atoms with Crippen molar-refractivity contribution in [2.75, 3.05) is 13.2 Å². The summed E-state index contributed by atoms with van der Waals surface area (Å²) in [4.78, 5) is 25.0. The van der Waals surface area contributed by atoms with Gasteiger partial charge in [0.25, 0.3) is 0 Å². The number of ether oxygens (including phenoxy) is 2. The topological polar surface area (TPSA) is 76.1 Å². The van der Waals surface area contributed by atoms with Gasteiger partial charge in [-0.1, -0.05) is 36.4 Å². The predicted molar refractivity (Wildman–Crippen MR) is 83.5 cm³/mol. The molecule has 124 valence electrons. The van der Waals surface area contributed by atoms with E-state index < -0.39 is 24.2 Å². The van der Waals surface area contributed by atoms with E-state index >= 15 is 0 Å². The van der Waals surface area contributed by atoms with Crippen LogP contribution < -0.4 is 0 Å². The van der Waals surface area contributed by atoms with E-state index in [1.54, 1.807) is 6.92 Å². The molecular weight excluding hydrogens is 298 g/mol. The second-order valence-electron chi connectivity index (χ2n) is 5.19. The summed E-state index contributed by atoms with van der Waals surface area (Å²) < 4.78 is 10.1. The van der Waals surface area contributed by atoms with Crippen molar-refractivity contribution in [1.82, 2.24) is 4.90 Å². The van der Waals surface area contributed by atoms with Crippen LogP contribution in [0.5, 0.6) is 0 Å². The van der Waals surface area contributed by atoms with Gasteiger partial charge in [-0.05, 0) is 18.9 Å². The van der Waals surface area contributed by atoms with E-state index in [0.717, 1.165) is 5.56 Å². The highest BCUT2D eigenvalue weighted by Gasteiger charge is 2.35. The van der Waals surface area contributed by atoms with E-state index in [4.69, 9.17) is 9.47 Å². The zero-order chi connectivity index (χ0) is 16.7. The molecule has 0 aromatic heterocycles. The van der Waals surface area contributed by atoms with Crippen LogP contribution in [0.2, 0.25) is 0 Å². The Bertz CT molecular complexity index is 557. The Morgan fingerprint density at radius 3 is 2.74 bits per heavy atom. The number of benzene rings is 1. The third-order valence-corrected chi connectivity index (χ3v) is 3.58. The van der Waals surface area contributed by atoms with Gasteiger partial charge < -0.3 is 14.6 Å². The molecule has 0 bridgehead atoms. The van der Waals surface area contributed by atoms with Crippen molar-refractivity contribution < 1.29 is 24.2 Å². The minimum atomic E-state index is -0.718. The molecule has 1 aromatic rings. The van der Waals surface area contributed by atoms with Crippen LogP contribution in [0, 0.1) is 0 Å². The molecule has 1 heterocycles. The Morgan fingerprint density at radius 2 is 2.04 bits per heavy atom. The van der Waals surface area contributed by atoms with Gasteiger partial charge in [0.15, 0.2) is 0 Å². The summed E-state index contributed by atoms with van der Waals surface area (Å²) in [5.74, 6) is -0.496. The first kappa shape index (κ1) is 17.0. The molecule has 2 rings (SSSR count). The minimum absolute atomic E-state index is 0.167. The van der Waals surface area contributed by atoms with E-state index in [-0.39, 0.29) is 13.2 Å². The Morgan fingerprint density at radius 1 is 1.30 bits per heavy atom. The molecule has 1 amide bonds. The lowest BCUT2D eigenvalue weighted by Crippen LogP contribution is -2.38. The number of likely N-dealkylation sites (tertiary alicyclic amines) is 1. The van der Waals surface area contributed by atoms with E-state index in [1.165, 1.54) is 17.1 Å². The van der Waals surface area contributed by atoms with Gasteiger partial charge in [0.1, 0.15) is 6.61 Å². The number of nitrogens with zero attached hydrogens (tertiary/aromatic N) is 1. The first-order valence-corrected chi connectivity index (χ1v) is 7.62. The van der Waals surface area contributed by atoms with Crippen molar-refractivity contribution in [3.8, 4) is 0 Å². The molecular formula is C17H21NO5. The summed E-state index contributed by atoms with van der Waals surface area (Å²) in [5, 5.41) is 9.98. The summed E-state index contributed by atoms with van der Waals surface area (Å²) in [5.41, 5.74) is 0.888. The van der Waals surface area contributed by atoms with Crippen LogP contribution in [0.25, 0.3) is 0 Å². The maximum Gasteiger partial charge on any atom is 0.410 e. The van der Waals surface area contributed by atoms with Crippen molar-refractivity contribution in [3.63, 3.8) is 0 Å². The maximum absolute atomic E-state index is 12.2. The summed E-state index contributed by atoms with van der Waals surface area (Å²) in [6, 6.07) is 8.77. The Balaban J connectivity index is 1.93. The van der Waals surface area contributed by atoms with Crippen LogP contribution in [-0.2, 0) is 20.9 Å². The fraction of sp³-hybridized carbons (Fsp3) is 0.412. The normalized spacial score (nSPS) is 20.7. The van der Waals surface area contributed by atoms with Crippen LogP contribution in [0.4, 0.5) is 4.79 Å². The molecule has 1 aliphatic rings. The van der Waals surface area contributed by atoms with Gasteiger partial charge in [-0.2, -0.15) is 0 Å². The van der Waals surface area contributed by atoms with Crippen LogP contribution in [0.3, 0.4) is 0 Å². The van der Waals surface area contributed by atoms with E-state index in [2.05, 4.69) is 0 Å². The van der Waals surface area contributed by atoms with Gasteiger partial charge in [0, 0.05) is 12.6 Å². The number of hydrogen-bond acceptors (Lipinski definition) is 5. The SMILES string of the molecule is CCOC(=O)/C=C/[C@H]1[C@H](O)CCN1C(=O)OCc1ccccc1. The van der Waals surface area contributed by atoms with Crippen LogP contribution in [0.1, 0.15) is 18.9 Å². The smallest absolute Gasteiger partial charge is 0.410 e. The number of aliphatic hydroxyl groups excluding tert-OH is 1. The number of carbonyl (C=O) groups excluding carboxylic acids is 2. The van der Waals surface area contributed by atoms with Crippen molar-refractivity contribution in [3.05, 3.63) is 48.0 Å². The van der Waals surface area contributed by atoms with E-state index in [0.29, 0.717) is 13.0 Å². The summed E-state index contributed by atoms with van der Waals surface area (Å²) in [6.45, 7) is 2.54. The molecule has 1 saturated heterocycles. The quantitative estimate of drug-likeness (QED) is 0.662. The average Bonchev–Trinajstić information content (AvgIpc) is 2.93. The van der Waals surface area contributed by atoms with Crippen LogP contribution >= 0.6 is 0 Å². The molecule has 1 aromatic carbocycles. The van der Waals surface area contributed by atoms with Gasteiger partial charge in [-0.15, -0.1) is 0 Å². The molecule has 0 unspecified atom stereocenters. The highest BCUT2D eigenvalue weighted by Crippen LogP contribution is 2.20. The zero-order valence-corrected chi connectivity index (χ0v) is 13.1. The zero-order valence-electron chi connectivity index (χ0n) is 13.1. The molecule has 1 fully saturated rings. The highest BCUT2D eigenvalue weighted by atomic mass is 16.6. The van der Waals surface area contributed by atoms with E-state index in [9.17, 15) is 14.7 Å². The molecule has 1 N–H and O–H groups in total. The molecule has 0 radical (unpaired) electrons. The van der Waals surface area contributed by atoms with Crippen molar-refractivity contribution >= 4 is 12.1 Å². The predicted octanol–water partition coefficient (Wildman–Crippen LogP) is 1.88. The number of aliphatic hydroxyl groups is 1. The van der Waals surface area contributed by atoms with Crippen LogP contribution in [0.15, 0.2) is 42.5 Å². The van der Waals surface area contributed by atoms with Crippen molar-refractivity contribution in [1.29, 1.82) is 0 Å². The number of rotatable bonds is 5. The highest BCUT2D eigenvalue weighted by molar-refractivity contribution is 5.82. The first-order chi connectivity index (χ1) is 11.1. The Kier molecular flexibility index (Phi) is 6.17. The lowest BCUT2D eigenvalue weighted by Gasteiger charge is -2.23. The molecule has 0 spiro atoms. The third kappa shape index (κ3) is 4.82. The monoisotopic (exact) mass is 319 g/mol. The first-order valence-electron chi connectivity index (χ1n) is 7.62. The van der Waals surface area contributed by atoms with Gasteiger partial charge in [-0.25, -0.2) is 9.59 Å². The third-order valence-electron chi connectivity index (χ3n) is 3.58. The standard InChI is InChI=1S/C17H21NO5/c1-2-22-16(20)9-8-14-15(19)10-11-18(14)17(21)23-12-13-6-4-3-5-7-13/h3-9,14-15,19H,2,10-12H2,1H3/b9-8+/t14-,15+/m0/s1. The summed E-state index contributed by atoms with van der Waals surface area (Å²) in [6.07, 6.45) is 1.94. The molecule has 23 heavy (non-hydrogen) atoms. The number of carbonyl (C=O) groups is 2. The molecule has 1 aliphatic heterocycles. The van der Waals surface area contributed by atoms with Crippen LogP contribution in [-0.4, -0.2) is 47.4 Å². The number of esters is 1.